The number of terminal acetylenes is 1. The van der Waals surface area contributed by atoms with Gasteiger partial charge in [0.15, 0.2) is 0 Å². The summed E-state index contributed by atoms with van der Waals surface area (Å²) in [5.41, 5.74) is 2.54. The molecule has 1 N–H and O–H groups in total. The molecule has 0 bridgehead atoms. The van der Waals surface area contributed by atoms with Crippen molar-refractivity contribution < 1.29 is 0 Å². The van der Waals surface area contributed by atoms with Crippen molar-refractivity contribution >= 4 is 10.9 Å². The lowest BCUT2D eigenvalue weighted by atomic mass is 9.95. The van der Waals surface area contributed by atoms with Crippen molar-refractivity contribution in [3.8, 4) is 12.3 Å². The minimum Gasteiger partial charge on any atom is -0.361 e. The molecule has 0 aliphatic heterocycles. The van der Waals surface area contributed by atoms with Crippen LogP contribution < -0.4 is 0 Å². The number of aromatic nitrogens is 1. The number of fused-ring (bicyclic) bond motifs is 1. The molecule has 3 rings (SSSR count). The third-order valence-electron chi connectivity index (χ3n) is 3.13. The Morgan fingerprint density at radius 2 is 2.14 bits per heavy atom. The van der Waals surface area contributed by atoms with E-state index in [2.05, 4.69) is 35.2 Å². The molecular weight excluding hydrogens is 170 g/mol. The number of aromatic amines is 1. The predicted octanol–water partition coefficient (Wildman–Crippen LogP) is 2.83. The highest BCUT2D eigenvalue weighted by atomic mass is 14.7. The van der Waals surface area contributed by atoms with Crippen molar-refractivity contribution in [2.24, 2.45) is 0 Å². The number of benzene rings is 1. The summed E-state index contributed by atoms with van der Waals surface area (Å²) in [7, 11) is 0. The highest BCUT2D eigenvalue weighted by Crippen LogP contribution is 2.49. The molecule has 0 amide bonds. The van der Waals surface area contributed by atoms with Crippen molar-refractivity contribution in [3.63, 3.8) is 0 Å². The quantitative estimate of drug-likeness (QED) is 0.651. The second-order valence-corrected chi connectivity index (χ2v) is 3.97. The minimum atomic E-state index is 0.0321. The van der Waals surface area contributed by atoms with Crippen LogP contribution >= 0.6 is 0 Å². The van der Waals surface area contributed by atoms with Crippen LogP contribution in [0.3, 0.4) is 0 Å². The summed E-state index contributed by atoms with van der Waals surface area (Å²) in [5, 5.41) is 1.25. The lowest BCUT2D eigenvalue weighted by Gasteiger charge is -2.08. The fraction of sp³-hybridized carbons (Fsp3) is 0.231. The third kappa shape index (κ3) is 0.858. The van der Waals surface area contributed by atoms with Crippen LogP contribution in [0, 0.1) is 12.3 Å². The first kappa shape index (κ1) is 7.70. The van der Waals surface area contributed by atoms with E-state index in [1.54, 1.807) is 0 Å². The standard InChI is InChI=1S/C13H11N/c1-2-13(7-8-13)11-5-3-4-10-6-9-14-12(10)11/h1,3-6,9,14H,7-8H2. The Morgan fingerprint density at radius 1 is 1.29 bits per heavy atom. The van der Waals surface area contributed by atoms with Crippen molar-refractivity contribution in [3.05, 3.63) is 36.0 Å². The molecule has 0 atom stereocenters. The van der Waals surface area contributed by atoms with Gasteiger partial charge < -0.3 is 4.98 Å². The maximum Gasteiger partial charge on any atom is 0.0582 e. The first-order valence-electron chi connectivity index (χ1n) is 4.90. The summed E-state index contributed by atoms with van der Waals surface area (Å²) in [6, 6.07) is 8.43. The summed E-state index contributed by atoms with van der Waals surface area (Å²) in [4.78, 5) is 3.27. The van der Waals surface area contributed by atoms with Crippen LogP contribution in [-0.2, 0) is 5.41 Å². The lowest BCUT2D eigenvalue weighted by Crippen LogP contribution is -2.02. The Bertz CT molecular complexity index is 523. The average Bonchev–Trinajstić information content (AvgIpc) is 2.87. The van der Waals surface area contributed by atoms with Gasteiger partial charge in [-0.2, -0.15) is 0 Å². The summed E-state index contributed by atoms with van der Waals surface area (Å²) in [5.74, 6) is 2.93. The molecule has 1 aliphatic rings. The summed E-state index contributed by atoms with van der Waals surface area (Å²) in [6.07, 6.45) is 9.82. The van der Waals surface area contributed by atoms with Crippen molar-refractivity contribution in [1.29, 1.82) is 0 Å². The highest BCUT2D eigenvalue weighted by molar-refractivity contribution is 5.84. The average molecular weight is 181 g/mol. The summed E-state index contributed by atoms with van der Waals surface area (Å²) in [6.45, 7) is 0. The van der Waals surface area contributed by atoms with E-state index in [0.29, 0.717) is 0 Å². The molecule has 1 nitrogen and oxygen atoms in total. The Hall–Kier alpha value is -1.68. The maximum absolute atomic E-state index is 5.60. The molecule has 1 aromatic heterocycles. The molecule has 1 heterocycles. The SMILES string of the molecule is C#CC1(c2cccc3cc[nH]c23)CC1. The number of para-hydroxylation sites is 1. The van der Waals surface area contributed by atoms with Crippen LogP contribution in [0.5, 0.6) is 0 Å². The zero-order valence-electron chi connectivity index (χ0n) is 7.88. The Balaban J connectivity index is 2.32. The largest absolute Gasteiger partial charge is 0.361 e. The van der Waals surface area contributed by atoms with Gasteiger partial charge >= 0.3 is 0 Å². The molecule has 0 spiro atoms. The number of rotatable bonds is 1. The molecular formula is C13H11N. The third-order valence-corrected chi connectivity index (χ3v) is 3.13. The molecule has 1 saturated carbocycles. The first-order valence-corrected chi connectivity index (χ1v) is 4.90. The van der Waals surface area contributed by atoms with Gasteiger partial charge in [-0.15, -0.1) is 6.42 Å². The van der Waals surface area contributed by atoms with Gasteiger partial charge in [-0.25, -0.2) is 0 Å². The van der Waals surface area contributed by atoms with Gasteiger partial charge in [0.25, 0.3) is 0 Å². The van der Waals surface area contributed by atoms with Gasteiger partial charge in [0.05, 0.1) is 10.9 Å². The Kier molecular flexibility index (Phi) is 1.33. The second-order valence-electron chi connectivity index (χ2n) is 3.97. The van der Waals surface area contributed by atoms with Gasteiger partial charge in [0.1, 0.15) is 0 Å². The molecule has 68 valence electrons. The van der Waals surface area contributed by atoms with E-state index in [4.69, 9.17) is 6.42 Å². The normalized spacial score (nSPS) is 17.9. The smallest absolute Gasteiger partial charge is 0.0582 e. The van der Waals surface area contributed by atoms with Crippen LogP contribution in [0.4, 0.5) is 0 Å². The van der Waals surface area contributed by atoms with Crippen molar-refractivity contribution in [2.45, 2.75) is 18.3 Å². The van der Waals surface area contributed by atoms with Crippen LogP contribution in [0.25, 0.3) is 10.9 Å². The fourth-order valence-corrected chi connectivity index (χ4v) is 2.10. The van der Waals surface area contributed by atoms with E-state index in [0.717, 1.165) is 12.8 Å². The monoisotopic (exact) mass is 181 g/mol. The molecule has 0 saturated heterocycles. The number of hydrogen-bond acceptors (Lipinski definition) is 0. The molecule has 2 aromatic rings. The van der Waals surface area contributed by atoms with E-state index >= 15 is 0 Å². The van der Waals surface area contributed by atoms with Gasteiger partial charge in [0, 0.05) is 6.20 Å². The fourth-order valence-electron chi connectivity index (χ4n) is 2.10. The number of hydrogen-bond donors (Lipinski definition) is 1. The zero-order valence-corrected chi connectivity index (χ0v) is 7.88. The van der Waals surface area contributed by atoms with E-state index < -0.39 is 0 Å². The molecule has 0 radical (unpaired) electrons. The second kappa shape index (κ2) is 2.42. The van der Waals surface area contributed by atoms with E-state index in [1.807, 2.05) is 6.20 Å². The van der Waals surface area contributed by atoms with Crippen LogP contribution in [0.1, 0.15) is 18.4 Å². The first-order chi connectivity index (χ1) is 6.86. The highest BCUT2D eigenvalue weighted by Gasteiger charge is 2.43. The van der Waals surface area contributed by atoms with Crippen LogP contribution in [0.15, 0.2) is 30.5 Å². The zero-order chi connectivity index (χ0) is 9.60. The summed E-state index contributed by atoms with van der Waals surface area (Å²) < 4.78 is 0. The van der Waals surface area contributed by atoms with Gasteiger partial charge in [0.2, 0.25) is 0 Å². The molecule has 14 heavy (non-hydrogen) atoms. The van der Waals surface area contributed by atoms with Gasteiger partial charge in [-0.1, -0.05) is 24.1 Å². The lowest BCUT2D eigenvalue weighted by molar-refractivity contribution is 0.940. The Labute approximate surface area is 83.1 Å². The van der Waals surface area contributed by atoms with Gasteiger partial charge in [-0.05, 0) is 29.9 Å². The summed E-state index contributed by atoms with van der Waals surface area (Å²) >= 11 is 0. The predicted molar refractivity (Wildman–Crippen MR) is 58.0 cm³/mol. The Morgan fingerprint density at radius 3 is 2.86 bits per heavy atom. The van der Waals surface area contributed by atoms with Crippen molar-refractivity contribution in [2.75, 3.05) is 0 Å². The van der Waals surface area contributed by atoms with E-state index in [-0.39, 0.29) is 5.41 Å². The number of H-pyrrole nitrogens is 1. The van der Waals surface area contributed by atoms with Crippen LogP contribution in [-0.4, -0.2) is 4.98 Å². The molecule has 0 unspecified atom stereocenters. The molecule has 1 heteroatoms. The topological polar surface area (TPSA) is 15.8 Å². The van der Waals surface area contributed by atoms with E-state index in [1.165, 1.54) is 16.5 Å². The van der Waals surface area contributed by atoms with Gasteiger partial charge in [-0.3, -0.25) is 0 Å². The minimum absolute atomic E-state index is 0.0321. The molecule has 1 fully saturated rings. The van der Waals surface area contributed by atoms with Crippen molar-refractivity contribution in [1.82, 2.24) is 4.98 Å². The molecule has 1 aromatic carbocycles. The van der Waals surface area contributed by atoms with E-state index in [9.17, 15) is 0 Å². The molecule has 1 aliphatic carbocycles. The number of nitrogens with one attached hydrogen (secondary N) is 1. The van der Waals surface area contributed by atoms with Crippen LogP contribution in [0.2, 0.25) is 0 Å². The maximum atomic E-state index is 5.60.